The SMILES string of the molecule is CCCOc1cc(Cn2c3nc4ccccc4nc3c3cc(Br)cc(Br)c32)ccc1OC. The monoisotopic (exact) mass is 553 g/mol. The molecule has 0 saturated heterocycles. The van der Waals surface area contributed by atoms with E-state index in [4.69, 9.17) is 19.4 Å². The van der Waals surface area contributed by atoms with Crippen molar-refractivity contribution in [3.05, 3.63) is 69.1 Å². The molecule has 0 N–H and O–H groups in total. The molecule has 5 rings (SSSR count). The van der Waals surface area contributed by atoms with E-state index in [1.54, 1.807) is 7.11 Å². The van der Waals surface area contributed by atoms with Crippen LogP contribution in [0.3, 0.4) is 0 Å². The number of rotatable bonds is 6. The highest BCUT2D eigenvalue weighted by Crippen LogP contribution is 2.37. The molecule has 0 aliphatic rings. The number of nitrogens with zero attached hydrogens (tertiary/aromatic N) is 3. The van der Waals surface area contributed by atoms with Gasteiger partial charge in [0, 0.05) is 20.9 Å². The smallest absolute Gasteiger partial charge is 0.161 e. The van der Waals surface area contributed by atoms with Gasteiger partial charge in [0.05, 0.1) is 30.3 Å². The Bertz CT molecular complexity index is 1460. The molecular formula is C25H21Br2N3O2. The molecular weight excluding hydrogens is 534 g/mol. The Labute approximate surface area is 202 Å². The van der Waals surface area contributed by atoms with Gasteiger partial charge in [0.2, 0.25) is 0 Å². The first-order valence-corrected chi connectivity index (χ1v) is 12.0. The zero-order chi connectivity index (χ0) is 22.2. The summed E-state index contributed by atoms with van der Waals surface area (Å²) >= 11 is 7.39. The summed E-state index contributed by atoms with van der Waals surface area (Å²) in [7, 11) is 1.66. The lowest BCUT2D eigenvalue weighted by Crippen LogP contribution is -2.03. The van der Waals surface area contributed by atoms with Crippen molar-refractivity contribution in [3.63, 3.8) is 0 Å². The largest absolute Gasteiger partial charge is 0.493 e. The van der Waals surface area contributed by atoms with Crippen molar-refractivity contribution in [2.45, 2.75) is 19.9 Å². The van der Waals surface area contributed by atoms with Gasteiger partial charge in [-0.3, -0.25) is 0 Å². The molecule has 0 radical (unpaired) electrons. The van der Waals surface area contributed by atoms with Crippen LogP contribution in [0.4, 0.5) is 0 Å². The second-order valence-corrected chi connectivity index (χ2v) is 9.36. The topological polar surface area (TPSA) is 49.2 Å². The molecule has 162 valence electrons. The second-order valence-electron chi connectivity index (χ2n) is 7.59. The van der Waals surface area contributed by atoms with E-state index >= 15 is 0 Å². The third-order valence-electron chi connectivity index (χ3n) is 5.39. The average molecular weight is 555 g/mol. The van der Waals surface area contributed by atoms with Gasteiger partial charge in [0.1, 0.15) is 5.52 Å². The maximum atomic E-state index is 5.93. The van der Waals surface area contributed by atoms with Crippen LogP contribution in [0.15, 0.2) is 63.5 Å². The number of hydrogen-bond donors (Lipinski definition) is 0. The normalized spacial score (nSPS) is 11.5. The number of benzene rings is 3. The number of ether oxygens (including phenoxy) is 2. The van der Waals surface area contributed by atoms with Crippen LogP contribution in [0.1, 0.15) is 18.9 Å². The molecule has 2 aromatic heterocycles. The lowest BCUT2D eigenvalue weighted by molar-refractivity contribution is 0.294. The highest BCUT2D eigenvalue weighted by molar-refractivity contribution is 9.11. The molecule has 0 bridgehead atoms. The summed E-state index contributed by atoms with van der Waals surface area (Å²) in [4.78, 5) is 9.96. The molecule has 0 spiro atoms. The quantitative estimate of drug-likeness (QED) is 0.224. The summed E-state index contributed by atoms with van der Waals surface area (Å²) in [6.45, 7) is 3.36. The van der Waals surface area contributed by atoms with Crippen molar-refractivity contribution in [3.8, 4) is 11.5 Å². The molecule has 32 heavy (non-hydrogen) atoms. The minimum atomic E-state index is 0.625. The molecule has 7 heteroatoms. The molecule has 0 aliphatic heterocycles. The zero-order valence-corrected chi connectivity index (χ0v) is 20.9. The van der Waals surface area contributed by atoms with E-state index in [9.17, 15) is 0 Å². The fraction of sp³-hybridized carbons (Fsp3) is 0.200. The minimum Gasteiger partial charge on any atom is -0.493 e. The van der Waals surface area contributed by atoms with E-state index in [0.717, 1.165) is 65.5 Å². The highest BCUT2D eigenvalue weighted by atomic mass is 79.9. The third kappa shape index (κ3) is 3.73. The fourth-order valence-electron chi connectivity index (χ4n) is 3.97. The number of hydrogen-bond acceptors (Lipinski definition) is 4. The summed E-state index contributed by atoms with van der Waals surface area (Å²) in [5.41, 5.74) is 5.66. The Hall–Kier alpha value is -2.64. The van der Waals surface area contributed by atoms with Crippen molar-refractivity contribution in [1.82, 2.24) is 14.5 Å². The number of halogens is 2. The van der Waals surface area contributed by atoms with Crippen LogP contribution in [-0.2, 0) is 6.54 Å². The Morgan fingerprint density at radius 1 is 0.938 bits per heavy atom. The van der Waals surface area contributed by atoms with Gasteiger partial charge in [-0.2, -0.15) is 0 Å². The predicted octanol–water partition coefficient (Wildman–Crippen LogP) is 7.11. The fourth-order valence-corrected chi connectivity index (χ4v) is 5.41. The molecule has 0 atom stereocenters. The summed E-state index contributed by atoms with van der Waals surface area (Å²) < 4.78 is 15.6. The van der Waals surface area contributed by atoms with E-state index < -0.39 is 0 Å². The highest BCUT2D eigenvalue weighted by Gasteiger charge is 2.18. The van der Waals surface area contributed by atoms with Crippen molar-refractivity contribution >= 4 is 65.0 Å². The van der Waals surface area contributed by atoms with Crippen LogP contribution in [-0.4, -0.2) is 28.3 Å². The standard InChI is InChI=1S/C25H21Br2N3O2/c1-3-10-32-22-11-15(8-9-21(22)31-2)14-30-24-17(12-16(26)13-18(24)27)23-25(30)29-20-7-5-4-6-19(20)28-23/h4-9,11-13H,3,10,14H2,1-2H3. The van der Waals surface area contributed by atoms with E-state index in [0.29, 0.717) is 13.2 Å². The van der Waals surface area contributed by atoms with Gasteiger partial charge < -0.3 is 14.0 Å². The van der Waals surface area contributed by atoms with E-state index in [2.05, 4.69) is 61.5 Å². The molecule has 0 unspecified atom stereocenters. The van der Waals surface area contributed by atoms with Gasteiger partial charge in [-0.05, 0) is 64.3 Å². The summed E-state index contributed by atoms with van der Waals surface area (Å²) in [6.07, 6.45) is 0.935. The Morgan fingerprint density at radius 3 is 2.47 bits per heavy atom. The predicted molar refractivity (Wildman–Crippen MR) is 136 cm³/mol. The Balaban J connectivity index is 1.73. The van der Waals surface area contributed by atoms with Crippen LogP contribution in [0.2, 0.25) is 0 Å². The number of methoxy groups -OCH3 is 1. The molecule has 5 nitrogen and oxygen atoms in total. The van der Waals surface area contributed by atoms with Crippen LogP contribution >= 0.6 is 31.9 Å². The molecule has 0 amide bonds. The van der Waals surface area contributed by atoms with Gasteiger partial charge in [-0.15, -0.1) is 0 Å². The van der Waals surface area contributed by atoms with Crippen molar-refractivity contribution in [2.24, 2.45) is 0 Å². The third-order valence-corrected chi connectivity index (χ3v) is 6.45. The van der Waals surface area contributed by atoms with Crippen LogP contribution < -0.4 is 9.47 Å². The molecule has 5 aromatic rings. The maximum absolute atomic E-state index is 5.93. The van der Waals surface area contributed by atoms with Gasteiger partial charge >= 0.3 is 0 Å². The number of para-hydroxylation sites is 2. The van der Waals surface area contributed by atoms with Gasteiger partial charge in [-0.25, -0.2) is 9.97 Å². The van der Waals surface area contributed by atoms with Gasteiger partial charge in [0.15, 0.2) is 17.1 Å². The van der Waals surface area contributed by atoms with Crippen molar-refractivity contribution < 1.29 is 9.47 Å². The Kier molecular flexibility index (Phi) is 5.78. The summed E-state index contributed by atoms with van der Waals surface area (Å²) in [5, 5.41) is 1.05. The first kappa shape index (κ1) is 21.2. The van der Waals surface area contributed by atoms with Crippen LogP contribution in [0, 0.1) is 0 Å². The Morgan fingerprint density at radius 2 is 1.72 bits per heavy atom. The van der Waals surface area contributed by atoms with E-state index in [-0.39, 0.29) is 0 Å². The molecule has 0 fully saturated rings. The molecule has 0 aliphatic carbocycles. The van der Waals surface area contributed by atoms with E-state index in [1.807, 2.05) is 36.4 Å². The molecule has 2 heterocycles. The maximum Gasteiger partial charge on any atom is 0.161 e. The molecule has 0 saturated carbocycles. The summed E-state index contributed by atoms with van der Waals surface area (Å²) in [6, 6.07) is 18.2. The van der Waals surface area contributed by atoms with Crippen LogP contribution in [0.5, 0.6) is 11.5 Å². The lowest BCUT2D eigenvalue weighted by Gasteiger charge is -2.13. The van der Waals surface area contributed by atoms with Crippen LogP contribution in [0.25, 0.3) is 33.1 Å². The van der Waals surface area contributed by atoms with Gasteiger partial charge in [0.25, 0.3) is 0 Å². The average Bonchev–Trinajstić information content (AvgIpc) is 3.09. The second kappa shape index (κ2) is 8.71. The summed E-state index contributed by atoms with van der Waals surface area (Å²) in [5.74, 6) is 1.49. The van der Waals surface area contributed by atoms with Crippen molar-refractivity contribution in [2.75, 3.05) is 13.7 Å². The first-order valence-electron chi connectivity index (χ1n) is 10.4. The van der Waals surface area contributed by atoms with Gasteiger partial charge in [-0.1, -0.05) is 41.1 Å². The minimum absolute atomic E-state index is 0.625. The molecule has 3 aromatic carbocycles. The number of aromatic nitrogens is 3. The van der Waals surface area contributed by atoms with E-state index in [1.165, 1.54) is 0 Å². The lowest BCUT2D eigenvalue weighted by atomic mass is 10.2. The first-order chi connectivity index (χ1) is 15.6. The number of fused-ring (bicyclic) bond motifs is 4. The zero-order valence-electron chi connectivity index (χ0n) is 17.7. The van der Waals surface area contributed by atoms with Crippen molar-refractivity contribution in [1.29, 1.82) is 0 Å².